The van der Waals surface area contributed by atoms with Gasteiger partial charge >= 0.3 is 6.11 Å². The third-order valence-electron chi connectivity index (χ3n) is 6.18. The number of fused-ring (bicyclic) bond motifs is 3. The average Bonchev–Trinajstić information content (AvgIpc) is 2.66. The molecule has 1 nitrogen and oxygen atoms in total. The normalized spacial score (nSPS) is 23.3. The van der Waals surface area contributed by atoms with Crippen LogP contribution in [-0.4, -0.2) is 0 Å². The van der Waals surface area contributed by atoms with Crippen LogP contribution in [0.4, 0.5) is 13.2 Å². The van der Waals surface area contributed by atoms with Crippen LogP contribution in [-0.2, 0) is 6.11 Å². The van der Waals surface area contributed by atoms with Gasteiger partial charge in [0.05, 0.1) is 5.56 Å². The van der Waals surface area contributed by atoms with E-state index >= 15 is 0 Å². The molecule has 0 unspecified atom stereocenters. The third-order valence-corrected chi connectivity index (χ3v) is 6.18. The molecule has 0 amide bonds. The molecule has 2 aliphatic rings. The number of halogens is 3. The lowest BCUT2D eigenvalue weighted by atomic mass is 9.76. The first-order valence-electron chi connectivity index (χ1n) is 9.91. The van der Waals surface area contributed by atoms with Crippen LogP contribution in [0.15, 0.2) is 30.3 Å². The molecule has 0 spiro atoms. The third kappa shape index (κ3) is 3.24. The topological polar surface area (TPSA) is 9.23 Å². The molecule has 0 bridgehead atoms. The highest BCUT2D eigenvalue weighted by molar-refractivity contribution is 5.77. The van der Waals surface area contributed by atoms with Crippen LogP contribution in [0.1, 0.15) is 68.1 Å². The van der Waals surface area contributed by atoms with E-state index in [2.05, 4.69) is 6.92 Å². The van der Waals surface area contributed by atoms with Crippen LogP contribution in [0, 0.1) is 18.7 Å². The molecule has 2 aromatic rings. The molecular weight excluding hydrogens is 349 g/mol. The lowest BCUT2D eigenvalue weighted by Gasteiger charge is -2.32. The highest BCUT2D eigenvalue weighted by Crippen LogP contribution is 2.49. The summed E-state index contributed by atoms with van der Waals surface area (Å²) >= 11 is 0. The van der Waals surface area contributed by atoms with E-state index in [9.17, 15) is 13.2 Å². The second-order valence-electron chi connectivity index (χ2n) is 8.00. The maximum atomic E-state index is 14.7. The minimum Gasteiger partial charge on any atom is -0.425 e. The Bertz CT molecular complexity index is 851. The van der Waals surface area contributed by atoms with Crippen LogP contribution in [0.2, 0.25) is 0 Å². The summed E-state index contributed by atoms with van der Waals surface area (Å²) in [5.41, 5.74) is 1.86. The van der Waals surface area contributed by atoms with Gasteiger partial charge in [-0.25, -0.2) is 4.39 Å². The van der Waals surface area contributed by atoms with Gasteiger partial charge in [0.2, 0.25) is 0 Å². The molecule has 0 aromatic heterocycles. The molecular formula is C23H25F3O. The summed E-state index contributed by atoms with van der Waals surface area (Å²) in [6.07, 6.45) is 3.34. The summed E-state index contributed by atoms with van der Waals surface area (Å²) in [5.74, 6) is 0.0265. The van der Waals surface area contributed by atoms with Crippen molar-refractivity contribution in [2.45, 2.75) is 64.4 Å². The van der Waals surface area contributed by atoms with Crippen molar-refractivity contribution < 1.29 is 17.9 Å². The van der Waals surface area contributed by atoms with Crippen LogP contribution in [0.3, 0.4) is 0 Å². The summed E-state index contributed by atoms with van der Waals surface area (Å²) in [6.45, 7) is 3.75. The van der Waals surface area contributed by atoms with Crippen molar-refractivity contribution in [3.8, 4) is 16.9 Å². The molecule has 1 aliphatic heterocycles. The number of benzene rings is 2. The second kappa shape index (κ2) is 6.88. The van der Waals surface area contributed by atoms with Crippen LogP contribution in [0.25, 0.3) is 11.1 Å². The Hall–Kier alpha value is -1.97. The minimum absolute atomic E-state index is 0.147. The molecule has 1 aliphatic carbocycles. The van der Waals surface area contributed by atoms with Crippen molar-refractivity contribution in [2.75, 3.05) is 0 Å². The van der Waals surface area contributed by atoms with Gasteiger partial charge in [0.25, 0.3) is 0 Å². The molecule has 0 atom stereocenters. The summed E-state index contributed by atoms with van der Waals surface area (Å²) < 4.78 is 48.6. The second-order valence-corrected chi connectivity index (χ2v) is 8.00. The van der Waals surface area contributed by atoms with Crippen molar-refractivity contribution in [2.24, 2.45) is 5.92 Å². The van der Waals surface area contributed by atoms with Gasteiger partial charge in [0.15, 0.2) is 11.6 Å². The Labute approximate surface area is 158 Å². The zero-order valence-electron chi connectivity index (χ0n) is 15.8. The van der Waals surface area contributed by atoms with Gasteiger partial charge in [-0.15, -0.1) is 0 Å². The van der Waals surface area contributed by atoms with E-state index in [1.807, 2.05) is 6.07 Å². The maximum absolute atomic E-state index is 14.7. The van der Waals surface area contributed by atoms with Crippen molar-refractivity contribution in [1.29, 1.82) is 0 Å². The quantitative estimate of drug-likeness (QED) is 0.547. The van der Waals surface area contributed by atoms with Crippen molar-refractivity contribution in [3.05, 3.63) is 52.8 Å². The van der Waals surface area contributed by atoms with Gasteiger partial charge in [-0.1, -0.05) is 44.0 Å². The molecule has 4 heteroatoms. The Morgan fingerprint density at radius 1 is 1.04 bits per heavy atom. The first-order chi connectivity index (χ1) is 12.9. The van der Waals surface area contributed by atoms with E-state index in [0.29, 0.717) is 22.6 Å². The van der Waals surface area contributed by atoms with E-state index in [1.54, 1.807) is 31.2 Å². The fourth-order valence-corrected chi connectivity index (χ4v) is 4.63. The summed E-state index contributed by atoms with van der Waals surface area (Å²) in [6, 6.07) is 8.51. The number of rotatable bonds is 3. The number of hydrogen-bond donors (Lipinski definition) is 0. The Balaban J connectivity index is 1.68. The van der Waals surface area contributed by atoms with E-state index in [4.69, 9.17) is 4.74 Å². The van der Waals surface area contributed by atoms with Gasteiger partial charge in [0, 0.05) is 5.56 Å². The molecule has 4 rings (SSSR count). The monoisotopic (exact) mass is 374 g/mol. The van der Waals surface area contributed by atoms with E-state index in [0.717, 1.165) is 37.2 Å². The molecule has 1 heterocycles. The first-order valence-corrected chi connectivity index (χ1v) is 9.91. The number of hydrogen-bond acceptors (Lipinski definition) is 1. The molecule has 144 valence electrons. The fraction of sp³-hybridized carbons (Fsp3) is 0.478. The zero-order chi connectivity index (χ0) is 19.2. The molecule has 2 aromatic carbocycles. The lowest BCUT2D eigenvalue weighted by Crippen LogP contribution is -2.27. The maximum Gasteiger partial charge on any atom is 0.427 e. The average molecular weight is 374 g/mol. The summed E-state index contributed by atoms with van der Waals surface area (Å²) in [4.78, 5) is 0. The van der Waals surface area contributed by atoms with Gasteiger partial charge in [-0.3, -0.25) is 0 Å². The molecule has 0 saturated heterocycles. The molecule has 1 saturated carbocycles. The number of aryl methyl sites for hydroxylation is 1. The smallest absolute Gasteiger partial charge is 0.425 e. The number of alkyl halides is 2. The lowest BCUT2D eigenvalue weighted by molar-refractivity contribution is -0.188. The first kappa shape index (κ1) is 18.4. The predicted molar refractivity (Wildman–Crippen MR) is 101 cm³/mol. The molecule has 0 radical (unpaired) electrons. The van der Waals surface area contributed by atoms with Crippen molar-refractivity contribution in [3.63, 3.8) is 0 Å². The Morgan fingerprint density at radius 2 is 1.74 bits per heavy atom. The van der Waals surface area contributed by atoms with Gasteiger partial charge in [0.1, 0.15) is 0 Å². The van der Waals surface area contributed by atoms with Crippen molar-refractivity contribution in [1.82, 2.24) is 0 Å². The largest absolute Gasteiger partial charge is 0.427 e. The molecule has 0 N–H and O–H groups in total. The van der Waals surface area contributed by atoms with Crippen LogP contribution < -0.4 is 4.74 Å². The van der Waals surface area contributed by atoms with E-state index < -0.39 is 11.9 Å². The summed E-state index contributed by atoms with van der Waals surface area (Å²) in [7, 11) is 0. The predicted octanol–water partition coefficient (Wildman–Crippen LogP) is 7.32. The minimum atomic E-state index is -3.52. The van der Waals surface area contributed by atoms with Gasteiger partial charge < -0.3 is 4.74 Å². The number of ether oxygens (including phenoxy) is 1. The highest BCUT2D eigenvalue weighted by atomic mass is 19.3. The SMILES string of the molecule is CCCC1CCC(c2ccc3c(c2)C(F)(F)Oc2c-3ccc(C)c2F)CC1. The van der Waals surface area contributed by atoms with Crippen molar-refractivity contribution >= 4 is 0 Å². The van der Waals surface area contributed by atoms with Crippen LogP contribution in [0.5, 0.6) is 5.75 Å². The standard InChI is InChI=1S/C23H25F3O/c1-3-4-15-6-8-16(9-7-15)17-10-12-18-19-11-5-14(2)21(24)22(19)27-23(25,26)20(18)13-17/h5,10-13,15-16H,3-4,6-9H2,1-2H3. The zero-order valence-corrected chi connectivity index (χ0v) is 15.8. The Kier molecular flexibility index (Phi) is 4.69. The van der Waals surface area contributed by atoms with Gasteiger partial charge in [-0.2, -0.15) is 8.78 Å². The van der Waals surface area contributed by atoms with Crippen LogP contribution >= 0.6 is 0 Å². The van der Waals surface area contributed by atoms with E-state index in [1.165, 1.54) is 12.8 Å². The molecule has 1 fully saturated rings. The van der Waals surface area contributed by atoms with Gasteiger partial charge in [-0.05, 0) is 67.2 Å². The summed E-state index contributed by atoms with van der Waals surface area (Å²) in [5, 5.41) is 0. The molecule has 27 heavy (non-hydrogen) atoms. The van der Waals surface area contributed by atoms with E-state index in [-0.39, 0.29) is 11.3 Å². The Morgan fingerprint density at radius 3 is 2.44 bits per heavy atom. The fourth-order valence-electron chi connectivity index (χ4n) is 4.63. The highest BCUT2D eigenvalue weighted by Gasteiger charge is 2.43.